The number of carbonyl (C=O) groups is 4. The highest BCUT2D eigenvalue weighted by molar-refractivity contribution is 7.14. The van der Waals surface area contributed by atoms with E-state index in [1.54, 1.807) is 12.1 Å². The van der Waals surface area contributed by atoms with Crippen LogP contribution in [0.3, 0.4) is 0 Å². The molecule has 0 fully saturated rings. The van der Waals surface area contributed by atoms with Gasteiger partial charge in [-0.05, 0) is 47.9 Å². The molecule has 2 aromatic carbocycles. The van der Waals surface area contributed by atoms with Gasteiger partial charge in [-0.15, -0.1) is 22.7 Å². The van der Waals surface area contributed by atoms with Gasteiger partial charge in [0.05, 0.1) is 11.1 Å². The van der Waals surface area contributed by atoms with Crippen molar-refractivity contribution < 1.29 is 19.2 Å². The van der Waals surface area contributed by atoms with Crippen LogP contribution in [0.1, 0.15) is 119 Å². The summed E-state index contributed by atoms with van der Waals surface area (Å²) in [5, 5.41) is 4.79. The zero-order chi connectivity index (χ0) is 30.8. The Labute approximate surface area is 266 Å². The molecule has 2 aliphatic heterocycles. The van der Waals surface area contributed by atoms with Crippen LogP contribution in [0.25, 0.3) is 31.7 Å². The lowest BCUT2D eigenvalue weighted by molar-refractivity contribution is 0.0587. The molecule has 0 unspecified atom stereocenters. The number of rotatable bonds is 14. The van der Waals surface area contributed by atoms with E-state index in [9.17, 15) is 19.2 Å². The SMILES string of the molecule is CCCCCCCN1C(=O)c2cc(-c3cccs3)c3c4c(cc(-c5cccs5)c(c24)C1=O)C(=O)N(CCCCCCC)C3=O. The molecule has 228 valence electrons. The van der Waals surface area contributed by atoms with Gasteiger partial charge in [0.25, 0.3) is 23.6 Å². The van der Waals surface area contributed by atoms with Gasteiger partial charge in [-0.3, -0.25) is 29.0 Å². The van der Waals surface area contributed by atoms with Crippen LogP contribution >= 0.6 is 22.7 Å². The van der Waals surface area contributed by atoms with Crippen molar-refractivity contribution in [2.24, 2.45) is 0 Å². The fraction of sp³-hybridized carbons (Fsp3) is 0.389. The van der Waals surface area contributed by atoms with Crippen LogP contribution < -0.4 is 0 Å². The molecule has 0 radical (unpaired) electrons. The smallest absolute Gasteiger partial charge is 0.262 e. The van der Waals surface area contributed by atoms with Gasteiger partial charge in [0.15, 0.2) is 0 Å². The molecule has 4 amide bonds. The quantitative estimate of drug-likeness (QED) is 0.103. The van der Waals surface area contributed by atoms with E-state index in [2.05, 4.69) is 13.8 Å². The Morgan fingerprint density at radius 3 is 1.30 bits per heavy atom. The first-order chi connectivity index (χ1) is 21.5. The van der Waals surface area contributed by atoms with Gasteiger partial charge in [0, 0.05) is 55.9 Å². The van der Waals surface area contributed by atoms with Crippen LogP contribution in [0.4, 0.5) is 0 Å². The predicted octanol–water partition coefficient (Wildman–Crippen LogP) is 9.43. The third-order valence-electron chi connectivity index (χ3n) is 8.82. The molecule has 0 atom stereocenters. The summed E-state index contributed by atoms with van der Waals surface area (Å²) in [7, 11) is 0. The molecular formula is C36H38N2O4S2. The molecule has 2 aromatic heterocycles. The fourth-order valence-electron chi connectivity index (χ4n) is 6.57. The van der Waals surface area contributed by atoms with Crippen LogP contribution in [0, 0.1) is 0 Å². The highest BCUT2D eigenvalue weighted by atomic mass is 32.1. The largest absolute Gasteiger partial charge is 0.274 e. The lowest BCUT2D eigenvalue weighted by Gasteiger charge is -2.34. The van der Waals surface area contributed by atoms with Gasteiger partial charge in [-0.2, -0.15) is 0 Å². The molecular weight excluding hydrogens is 589 g/mol. The van der Waals surface area contributed by atoms with Crippen LogP contribution in [0.2, 0.25) is 0 Å². The minimum absolute atomic E-state index is 0.341. The van der Waals surface area contributed by atoms with Gasteiger partial charge >= 0.3 is 0 Å². The van der Waals surface area contributed by atoms with Gasteiger partial charge in [-0.1, -0.05) is 77.3 Å². The van der Waals surface area contributed by atoms with Gasteiger partial charge < -0.3 is 0 Å². The van der Waals surface area contributed by atoms with Crippen LogP contribution in [0.5, 0.6) is 0 Å². The summed E-state index contributed by atoms with van der Waals surface area (Å²) in [4.78, 5) is 61.4. The molecule has 0 bridgehead atoms. The molecule has 0 saturated carbocycles. The van der Waals surface area contributed by atoms with E-state index in [0.29, 0.717) is 57.2 Å². The van der Waals surface area contributed by atoms with Crippen LogP contribution in [-0.4, -0.2) is 46.5 Å². The number of unbranched alkanes of at least 4 members (excludes halogenated alkanes) is 8. The fourth-order valence-corrected chi connectivity index (χ4v) is 8.07. The van der Waals surface area contributed by atoms with E-state index < -0.39 is 0 Å². The molecule has 8 heteroatoms. The monoisotopic (exact) mass is 626 g/mol. The van der Waals surface area contributed by atoms with Gasteiger partial charge in [-0.25, -0.2) is 0 Å². The van der Waals surface area contributed by atoms with E-state index in [1.807, 2.05) is 35.0 Å². The predicted molar refractivity (Wildman–Crippen MR) is 179 cm³/mol. The Bertz CT molecular complexity index is 1600. The third-order valence-corrected chi connectivity index (χ3v) is 10.6. The number of benzene rings is 2. The average Bonchev–Trinajstić information content (AvgIpc) is 3.76. The summed E-state index contributed by atoms with van der Waals surface area (Å²) >= 11 is 2.99. The van der Waals surface area contributed by atoms with Crippen molar-refractivity contribution in [2.75, 3.05) is 13.1 Å². The Morgan fingerprint density at radius 1 is 0.523 bits per heavy atom. The molecule has 0 aliphatic carbocycles. The minimum atomic E-state index is -0.352. The highest BCUT2D eigenvalue weighted by Crippen LogP contribution is 2.47. The first-order valence-electron chi connectivity index (χ1n) is 16.0. The van der Waals surface area contributed by atoms with Crippen molar-refractivity contribution in [3.8, 4) is 20.9 Å². The minimum Gasteiger partial charge on any atom is -0.274 e. The molecule has 4 heterocycles. The second-order valence-electron chi connectivity index (χ2n) is 11.8. The zero-order valence-corrected chi connectivity index (χ0v) is 27.1. The first kappa shape index (κ1) is 30.4. The maximum atomic E-state index is 14.3. The van der Waals surface area contributed by atoms with Crippen molar-refractivity contribution in [3.63, 3.8) is 0 Å². The lowest BCUT2D eigenvalue weighted by atomic mass is 9.80. The first-order valence-corrected chi connectivity index (χ1v) is 17.7. The molecule has 44 heavy (non-hydrogen) atoms. The molecule has 0 saturated heterocycles. The van der Waals surface area contributed by atoms with Crippen molar-refractivity contribution in [2.45, 2.75) is 78.1 Å². The van der Waals surface area contributed by atoms with Gasteiger partial charge in [0.2, 0.25) is 0 Å². The highest BCUT2D eigenvalue weighted by Gasteiger charge is 2.43. The molecule has 2 aliphatic rings. The van der Waals surface area contributed by atoms with E-state index in [1.165, 1.54) is 32.5 Å². The van der Waals surface area contributed by atoms with E-state index in [4.69, 9.17) is 0 Å². The summed E-state index contributed by atoms with van der Waals surface area (Å²) in [6, 6.07) is 11.3. The number of imide groups is 2. The summed E-state index contributed by atoms with van der Waals surface area (Å²) < 4.78 is 0. The topological polar surface area (TPSA) is 74.8 Å². The standard InChI is InChI=1S/C36H38N2O4S2/c1-3-5-7-9-11-17-37-33(39)25-21-24(28-16-14-20-44-28)32-30-26(34(40)38(36(32)42)18-12-10-8-6-4-2)22-23(27-15-13-19-43-27)31(29(25)30)35(37)41/h13-16,19-22H,3-12,17-18H2,1-2H3. The van der Waals surface area contributed by atoms with E-state index >= 15 is 0 Å². The molecule has 4 aromatic rings. The number of carbonyl (C=O) groups excluding carboxylic acids is 4. The van der Waals surface area contributed by atoms with Crippen molar-refractivity contribution in [1.29, 1.82) is 0 Å². The molecule has 6 rings (SSSR count). The van der Waals surface area contributed by atoms with Gasteiger partial charge in [0.1, 0.15) is 0 Å². The van der Waals surface area contributed by atoms with E-state index in [-0.39, 0.29) is 23.6 Å². The Kier molecular flexibility index (Phi) is 9.10. The van der Waals surface area contributed by atoms with E-state index in [0.717, 1.165) is 74.0 Å². The number of nitrogens with zero attached hydrogens (tertiary/aromatic N) is 2. The molecule has 0 spiro atoms. The normalized spacial score (nSPS) is 14.4. The zero-order valence-electron chi connectivity index (χ0n) is 25.4. The van der Waals surface area contributed by atoms with Crippen molar-refractivity contribution >= 4 is 57.1 Å². The number of amides is 4. The summed E-state index contributed by atoms with van der Waals surface area (Å²) in [6.45, 7) is 5.00. The van der Waals surface area contributed by atoms with Crippen molar-refractivity contribution in [1.82, 2.24) is 9.80 Å². The van der Waals surface area contributed by atoms with Crippen molar-refractivity contribution in [3.05, 3.63) is 69.4 Å². The third kappa shape index (κ3) is 5.32. The second kappa shape index (κ2) is 13.2. The average molecular weight is 627 g/mol. The Balaban J connectivity index is 1.55. The summed E-state index contributed by atoms with van der Waals surface area (Å²) in [6.07, 6.45) is 9.98. The summed E-state index contributed by atoms with van der Waals surface area (Å²) in [5.74, 6) is -1.40. The van der Waals surface area contributed by atoms with Crippen LogP contribution in [-0.2, 0) is 0 Å². The number of hydrogen-bond donors (Lipinski definition) is 0. The summed E-state index contributed by atoms with van der Waals surface area (Å²) in [5.41, 5.74) is 2.92. The lowest BCUT2D eigenvalue weighted by Crippen LogP contribution is -2.44. The Hall–Kier alpha value is -3.62. The maximum absolute atomic E-state index is 14.3. The number of thiophene rings is 2. The van der Waals surface area contributed by atoms with Crippen LogP contribution in [0.15, 0.2) is 47.2 Å². The maximum Gasteiger partial charge on any atom is 0.262 e. The molecule has 0 N–H and O–H groups in total. The second-order valence-corrected chi connectivity index (χ2v) is 13.6. The molecule has 6 nitrogen and oxygen atoms in total. The number of hydrogen-bond acceptors (Lipinski definition) is 6. The Morgan fingerprint density at radius 2 is 0.932 bits per heavy atom.